The van der Waals surface area contributed by atoms with Gasteiger partial charge in [0, 0.05) is 6.54 Å². The van der Waals surface area contributed by atoms with E-state index in [4.69, 9.17) is 9.47 Å². The largest absolute Gasteiger partial charge is 0.493 e. The van der Waals surface area contributed by atoms with Gasteiger partial charge < -0.3 is 19.9 Å². The van der Waals surface area contributed by atoms with Crippen LogP contribution in [0.4, 0.5) is 0 Å². The Morgan fingerprint density at radius 2 is 2.00 bits per heavy atom. The lowest BCUT2D eigenvalue weighted by molar-refractivity contribution is 0.102. The van der Waals surface area contributed by atoms with E-state index in [9.17, 15) is 5.11 Å². The Bertz CT molecular complexity index is 393. The maximum absolute atomic E-state index is 9.53. The van der Waals surface area contributed by atoms with Gasteiger partial charge in [0.15, 0.2) is 11.5 Å². The smallest absolute Gasteiger partial charge is 0.161 e. The molecule has 0 amide bonds. The molecule has 4 nitrogen and oxygen atoms in total. The molecule has 0 aliphatic carbocycles. The van der Waals surface area contributed by atoms with Gasteiger partial charge in [-0.15, -0.1) is 0 Å². The first-order valence-corrected chi connectivity index (χ1v) is 7.25. The molecule has 0 fully saturated rings. The van der Waals surface area contributed by atoms with E-state index >= 15 is 0 Å². The number of nitrogens with one attached hydrogen (secondary N) is 1. The monoisotopic (exact) mass is 281 g/mol. The summed E-state index contributed by atoms with van der Waals surface area (Å²) in [6, 6.07) is 5.89. The van der Waals surface area contributed by atoms with Crippen LogP contribution in [0, 0.1) is 5.92 Å². The molecular weight excluding hydrogens is 254 g/mol. The average molecular weight is 281 g/mol. The molecule has 0 bridgehead atoms. The molecule has 1 atom stereocenters. The molecule has 4 heteroatoms. The first kappa shape index (κ1) is 16.8. The Labute approximate surface area is 122 Å². The fraction of sp³-hybridized carbons (Fsp3) is 0.625. The average Bonchev–Trinajstić information content (AvgIpc) is 2.44. The predicted octanol–water partition coefficient (Wildman–Crippen LogP) is 2.59. The molecule has 0 saturated carbocycles. The highest BCUT2D eigenvalue weighted by atomic mass is 16.5. The van der Waals surface area contributed by atoms with E-state index in [0.29, 0.717) is 23.8 Å². The fourth-order valence-electron chi connectivity index (χ4n) is 1.75. The van der Waals surface area contributed by atoms with Crippen LogP contribution >= 0.6 is 0 Å². The summed E-state index contributed by atoms with van der Waals surface area (Å²) in [7, 11) is 1.63. The first-order chi connectivity index (χ1) is 9.56. The van der Waals surface area contributed by atoms with Crippen molar-refractivity contribution in [1.29, 1.82) is 0 Å². The van der Waals surface area contributed by atoms with Gasteiger partial charge >= 0.3 is 0 Å². The van der Waals surface area contributed by atoms with Crippen molar-refractivity contribution >= 4 is 0 Å². The van der Waals surface area contributed by atoms with E-state index in [2.05, 4.69) is 19.2 Å². The molecule has 2 N–H and O–H groups in total. The highest BCUT2D eigenvalue weighted by Crippen LogP contribution is 2.28. The second kappa shape index (κ2) is 8.82. The van der Waals surface area contributed by atoms with Gasteiger partial charge in [0.05, 0.1) is 13.2 Å². The van der Waals surface area contributed by atoms with Crippen molar-refractivity contribution in [3.63, 3.8) is 0 Å². The highest BCUT2D eigenvalue weighted by Gasteiger charge is 2.08. The lowest BCUT2D eigenvalue weighted by Crippen LogP contribution is -2.19. The number of aliphatic hydroxyl groups excluding tert-OH is 1. The molecule has 1 aromatic carbocycles. The molecular formula is C16H27NO3. The summed E-state index contributed by atoms with van der Waals surface area (Å²) in [4.78, 5) is 0. The van der Waals surface area contributed by atoms with E-state index in [1.807, 2.05) is 25.1 Å². The first-order valence-electron chi connectivity index (χ1n) is 7.25. The Morgan fingerprint density at radius 3 is 2.60 bits per heavy atom. The van der Waals surface area contributed by atoms with E-state index < -0.39 is 6.10 Å². The number of hydrogen-bond acceptors (Lipinski definition) is 4. The molecule has 20 heavy (non-hydrogen) atoms. The molecule has 0 spiro atoms. The molecule has 0 heterocycles. The van der Waals surface area contributed by atoms with E-state index in [1.54, 1.807) is 7.11 Å². The van der Waals surface area contributed by atoms with Gasteiger partial charge in [-0.2, -0.15) is 0 Å². The maximum atomic E-state index is 9.53. The van der Waals surface area contributed by atoms with Crippen LogP contribution in [0.2, 0.25) is 0 Å². The molecule has 0 aliphatic rings. The third kappa shape index (κ3) is 5.80. The number of ether oxygens (including phenoxy) is 2. The third-order valence-electron chi connectivity index (χ3n) is 3.01. The van der Waals surface area contributed by atoms with Crippen LogP contribution in [-0.4, -0.2) is 31.5 Å². The van der Waals surface area contributed by atoms with Gasteiger partial charge in [-0.1, -0.05) is 26.8 Å². The molecule has 0 saturated heterocycles. The normalized spacial score (nSPS) is 12.5. The second-order valence-corrected chi connectivity index (χ2v) is 5.38. The van der Waals surface area contributed by atoms with E-state index in [-0.39, 0.29) is 6.61 Å². The number of methoxy groups -OCH3 is 1. The number of aliphatic hydroxyl groups is 1. The van der Waals surface area contributed by atoms with Crippen molar-refractivity contribution in [3.8, 4) is 11.5 Å². The van der Waals surface area contributed by atoms with Crippen LogP contribution in [-0.2, 0) is 6.54 Å². The van der Waals surface area contributed by atoms with Gasteiger partial charge in [-0.05, 0) is 36.6 Å². The highest BCUT2D eigenvalue weighted by molar-refractivity contribution is 5.43. The minimum atomic E-state index is -0.438. The Morgan fingerprint density at radius 1 is 1.25 bits per heavy atom. The summed E-state index contributed by atoms with van der Waals surface area (Å²) < 4.78 is 10.9. The predicted molar refractivity (Wildman–Crippen MR) is 81.3 cm³/mol. The van der Waals surface area contributed by atoms with E-state index in [1.165, 1.54) is 0 Å². The summed E-state index contributed by atoms with van der Waals surface area (Å²) in [5.74, 6) is 2.01. The fourth-order valence-corrected chi connectivity index (χ4v) is 1.75. The zero-order chi connectivity index (χ0) is 15.0. The van der Waals surface area contributed by atoms with Crippen LogP contribution in [0.1, 0.15) is 32.8 Å². The summed E-state index contributed by atoms with van der Waals surface area (Å²) in [5, 5.41) is 12.9. The minimum absolute atomic E-state index is 0.289. The van der Waals surface area contributed by atoms with Crippen molar-refractivity contribution in [1.82, 2.24) is 5.32 Å². The topological polar surface area (TPSA) is 50.7 Å². The van der Waals surface area contributed by atoms with Crippen LogP contribution < -0.4 is 14.8 Å². The summed E-state index contributed by atoms with van der Waals surface area (Å²) >= 11 is 0. The van der Waals surface area contributed by atoms with E-state index in [0.717, 1.165) is 18.7 Å². The SMILES string of the molecule is CCC(O)COc1ccc(CNCC(C)C)cc1OC. The Hall–Kier alpha value is -1.26. The lowest BCUT2D eigenvalue weighted by Gasteiger charge is -2.15. The Balaban J connectivity index is 2.60. The zero-order valence-electron chi connectivity index (χ0n) is 13.0. The summed E-state index contributed by atoms with van der Waals surface area (Å²) in [6.07, 6.45) is 0.242. The van der Waals surface area contributed by atoms with Gasteiger partial charge in [-0.3, -0.25) is 0 Å². The number of hydrogen-bond donors (Lipinski definition) is 2. The summed E-state index contributed by atoms with van der Waals surface area (Å²) in [5.41, 5.74) is 1.16. The third-order valence-corrected chi connectivity index (χ3v) is 3.01. The van der Waals surface area contributed by atoms with Crippen molar-refractivity contribution in [2.24, 2.45) is 5.92 Å². The molecule has 0 radical (unpaired) electrons. The lowest BCUT2D eigenvalue weighted by atomic mass is 10.2. The van der Waals surface area contributed by atoms with Crippen LogP contribution in [0.5, 0.6) is 11.5 Å². The maximum Gasteiger partial charge on any atom is 0.161 e. The Kier molecular flexibility index (Phi) is 7.41. The molecule has 114 valence electrons. The molecule has 1 unspecified atom stereocenters. The molecule has 0 aromatic heterocycles. The number of benzene rings is 1. The van der Waals surface area contributed by atoms with Gasteiger partial charge in [0.25, 0.3) is 0 Å². The minimum Gasteiger partial charge on any atom is -0.493 e. The molecule has 1 rings (SSSR count). The molecule has 1 aromatic rings. The standard InChI is InChI=1S/C16H27NO3/c1-5-14(18)11-20-15-7-6-13(8-16(15)19-4)10-17-9-12(2)3/h6-8,12,14,17-18H,5,9-11H2,1-4H3. The summed E-state index contributed by atoms with van der Waals surface area (Å²) in [6.45, 7) is 8.38. The van der Waals surface area contributed by atoms with Crippen LogP contribution in [0.25, 0.3) is 0 Å². The van der Waals surface area contributed by atoms with Gasteiger partial charge in [0.1, 0.15) is 6.61 Å². The van der Waals surface area contributed by atoms with Crippen LogP contribution in [0.3, 0.4) is 0 Å². The quantitative estimate of drug-likeness (QED) is 0.730. The van der Waals surface area contributed by atoms with Gasteiger partial charge in [-0.25, -0.2) is 0 Å². The van der Waals surface area contributed by atoms with Crippen molar-refractivity contribution in [2.75, 3.05) is 20.3 Å². The number of rotatable bonds is 9. The van der Waals surface area contributed by atoms with Crippen molar-refractivity contribution in [2.45, 2.75) is 39.8 Å². The van der Waals surface area contributed by atoms with Crippen LogP contribution in [0.15, 0.2) is 18.2 Å². The van der Waals surface area contributed by atoms with Crippen molar-refractivity contribution in [3.05, 3.63) is 23.8 Å². The molecule has 0 aliphatic heterocycles. The van der Waals surface area contributed by atoms with Crippen molar-refractivity contribution < 1.29 is 14.6 Å². The zero-order valence-corrected chi connectivity index (χ0v) is 13.0. The second-order valence-electron chi connectivity index (χ2n) is 5.38. The van der Waals surface area contributed by atoms with Gasteiger partial charge in [0.2, 0.25) is 0 Å².